The third-order valence-corrected chi connectivity index (χ3v) is 3.44. The molecular formula is C11H10BrClN2. The smallest absolute Gasteiger partial charge is 0.108 e. The third kappa shape index (κ3) is 1.94. The van der Waals surface area contributed by atoms with E-state index in [-0.39, 0.29) is 0 Å². The van der Waals surface area contributed by atoms with Crippen LogP contribution in [0.2, 0.25) is 5.02 Å². The summed E-state index contributed by atoms with van der Waals surface area (Å²) in [5, 5.41) is 7.97. The molecule has 1 heterocycles. The molecule has 2 nitrogen and oxygen atoms in total. The van der Waals surface area contributed by atoms with Gasteiger partial charge >= 0.3 is 0 Å². The van der Waals surface area contributed by atoms with Crippen molar-refractivity contribution < 1.29 is 0 Å². The monoisotopic (exact) mass is 284 g/mol. The Bertz CT molecular complexity index is 479. The van der Waals surface area contributed by atoms with Crippen LogP contribution in [0.5, 0.6) is 0 Å². The van der Waals surface area contributed by atoms with Crippen LogP contribution < -0.4 is 0 Å². The van der Waals surface area contributed by atoms with Crippen molar-refractivity contribution in [3.05, 3.63) is 39.5 Å². The number of aryl methyl sites for hydroxylation is 1. The number of rotatable bonds is 2. The van der Waals surface area contributed by atoms with E-state index >= 15 is 0 Å². The van der Waals surface area contributed by atoms with Gasteiger partial charge in [0.15, 0.2) is 0 Å². The summed E-state index contributed by atoms with van der Waals surface area (Å²) in [6.45, 7) is 2.08. The van der Waals surface area contributed by atoms with E-state index in [0.717, 1.165) is 27.8 Å². The fourth-order valence-corrected chi connectivity index (χ4v) is 2.33. The lowest BCUT2D eigenvalue weighted by Crippen LogP contribution is -1.80. The molecule has 0 aliphatic rings. The van der Waals surface area contributed by atoms with Gasteiger partial charge in [0.1, 0.15) is 5.69 Å². The molecule has 0 amide bonds. The van der Waals surface area contributed by atoms with Crippen LogP contribution in [0.3, 0.4) is 0 Å². The second kappa shape index (κ2) is 4.37. The van der Waals surface area contributed by atoms with Crippen LogP contribution in [0.15, 0.2) is 28.7 Å². The van der Waals surface area contributed by atoms with Gasteiger partial charge in [0, 0.05) is 11.3 Å². The molecule has 0 bridgehead atoms. The molecule has 1 N–H and O–H groups in total. The van der Waals surface area contributed by atoms with Crippen molar-refractivity contribution in [1.29, 1.82) is 0 Å². The predicted molar refractivity (Wildman–Crippen MR) is 66.1 cm³/mol. The van der Waals surface area contributed by atoms with Gasteiger partial charge in [-0.05, 0) is 28.4 Å². The van der Waals surface area contributed by atoms with Crippen molar-refractivity contribution in [3.63, 3.8) is 0 Å². The van der Waals surface area contributed by atoms with Crippen LogP contribution in [0.4, 0.5) is 0 Å². The van der Waals surface area contributed by atoms with Gasteiger partial charge in [-0.2, -0.15) is 5.10 Å². The summed E-state index contributed by atoms with van der Waals surface area (Å²) in [5.41, 5.74) is 2.91. The van der Waals surface area contributed by atoms with Gasteiger partial charge in [0.25, 0.3) is 0 Å². The van der Waals surface area contributed by atoms with Crippen LogP contribution >= 0.6 is 27.5 Å². The molecule has 0 saturated carbocycles. The van der Waals surface area contributed by atoms with E-state index in [0.29, 0.717) is 5.02 Å². The number of aromatic amines is 1. The van der Waals surface area contributed by atoms with Crippen LogP contribution in [-0.2, 0) is 6.42 Å². The Balaban J connectivity index is 2.55. The van der Waals surface area contributed by atoms with E-state index in [1.54, 1.807) is 0 Å². The molecule has 0 spiro atoms. The molecule has 0 aliphatic carbocycles. The summed E-state index contributed by atoms with van der Waals surface area (Å²) in [7, 11) is 0. The highest BCUT2D eigenvalue weighted by Crippen LogP contribution is 2.33. The Hall–Kier alpha value is -0.800. The van der Waals surface area contributed by atoms with Crippen LogP contribution in [-0.4, -0.2) is 10.2 Å². The van der Waals surface area contributed by atoms with Crippen molar-refractivity contribution in [2.45, 2.75) is 13.3 Å². The Labute approximate surface area is 102 Å². The van der Waals surface area contributed by atoms with Crippen molar-refractivity contribution >= 4 is 27.5 Å². The number of nitrogens with one attached hydrogen (secondary N) is 1. The molecule has 1 aromatic carbocycles. The molecule has 0 atom stereocenters. The maximum atomic E-state index is 6.11. The Kier molecular flexibility index (Phi) is 3.12. The minimum absolute atomic E-state index is 0.715. The van der Waals surface area contributed by atoms with Gasteiger partial charge in [-0.25, -0.2) is 0 Å². The first kappa shape index (κ1) is 10.7. The summed E-state index contributed by atoms with van der Waals surface area (Å²) >= 11 is 9.64. The topological polar surface area (TPSA) is 28.7 Å². The van der Waals surface area contributed by atoms with E-state index in [4.69, 9.17) is 11.6 Å². The number of benzene rings is 1. The minimum atomic E-state index is 0.715. The highest BCUT2D eigenvalue weighted by molar-refractivity contribution is 9.10. The molecule has 0 radical (unpaired) electrons. The third-order valence-electron chi connectivity index (χ3n) is 2.26. The molecule has 15 heavy (non-hydrogen) atoms. The molecule has 2 aromatic rings. The Morgan fingerprint density at radius 3 is 2.73 bits per heavy atom. The van der Waals surface area contributed by atoms with Gasteiger partial charge in [0.2, 0.25) is 0 Å². The molecule has 1 aromatic heterocycles. The Morgan fingerprint density at radius 1 is 1.40 bits per heavy atom. The zero-order valence-electron chi connectivity index (χ0n) is 8.22. The second-order valence-corrected chi connectivity index (χ2v) is 4.40. The normalized spacial score (nSPS) is 10.6. The molecule has 0 saturated heterocycles. The molecule has 0 unspecified atom stereocenters. The first-order valence-electron chi connectivity index (χ1n) is 4.71. The first-order valence-corrected chi connectivity index (χ1v) is 5.88. The zero-order valence-corrected chi connectivity index (χ0v) is 10.6. The minimum Gasteiger partial charge on any atom is -0.281 e. The number of halogens is 2. The predicted octanol–water partition coefficient (Wildman–Crippen LogP) is 4.06. The SMILES string of the molecule is CCc1[nH]nc(-c2ccccc2Cl)c1Br. The average Bonchev–Trinajstić information content (AvgIpc) is 2.60. The van der Waals surface area contributed by atoms with Crippen LogP contribution in [0.25, 0.3) is 11.3 Å². The van der Waals surface area contributed by atoms with E-state index < -0.39 is 0 Å². The van der Waals surface area contributed by atoms with E-state index in [9.17, 15) is 0 Å². The van der Waals surface area contributed by atoms with Crippen molar-refractivity contribution in [3.8, 4) is 11.3 Å². The van der Waals surface area contributed by atoms with E-state index in [1.165, 1.54) is 0 Å². The van der Waals surface area contributed by atoms with Gasteiger partial charge in [-0.15, -0.1) is 0 Å². The number of nitrogens with zero attached hydrogens (tertiary/aromatic N) is 1. The van der Waals surface area contributed by atoms with Crippen molar-refractivity contribution in [1.82, 2.24) is 10.2 Å². The van der Waals surface area contributed by atoms with Crippen molar-refractivity contribution in [2.75, 3.05) is 0 Å². The van der Waals surface area contributed by atoms with Gasteiger partial charge in [-0.1, -0.05) is 36.7 Å². The molecule has 0 aliphatic heterocycles. The van der Waals surface area contributed by atoms with Gasteiger partial charge in [0.05, 0.1) is 9.50 Å². The van der Waals surface area contributed by atoms with E-state index in [1.807, 2.05) is 24.3 Å². The highest BCUT2D eigenvalue weighted by atomic mass is 79.9. The average molecular weight is 286 g/mol. The standard InChI is InChI=1S/C11H10BrClN2/c1-2-9-10(12)11(15-14-9)7-5-3-4-6-8(7)13/h3-6H,2H2,1H3,(H,14,15). The number of hydrogen-bond donors (Lipinski definition) is 1. The number of H-pyrrole nitrogens is 1. The maximum absolute atomic E-state index is 6.11. The fourth-order valence-electron chi connectivity index (χ4n) is 1.43. The number of hydrogen-bond acceptors (Lipinski definition) is 1. The van der Waals surface area contributed by atoms with Crippen LogP contribution in [0.1, 0.15) is 12.6 Å². The van der Waals surface area contributed by atoms with Crippen LogP contribution in [0, 0.1) is 0 Å². The maximum Gasteiger partial charge on any atom is 0.108 e. The zero-order chi connectivity index (χ0) is 10.8. The van der Waals surface area contributed by atoms with Gasteiger partial charge < -0.3 is 0 Å². The largest absolute Gasteiger partial charge is 0.281 e. The highest BCUT2D eigenvalue weighted by Gasteiger charge is 2.13. The van der Waals surface area contributed by atoms with Crippen molar-refractivity contribution in [2.24, 2.45) is 0 Å². The second-order valence-electron chi connectivity index (χ2n) is 3.20. The lowest BCUT2D eigenvalue weighted by Gasteiger charge is -2.00. The summed E-state index contributed by atoms with van der Waals surface area (Å²) < 4.78 is 0.998. The molecule has 4 heteroatoms. The molecule has 2 rings (SSSR count). The Morgan fingerprint density at radius 2 is 2.13 bits per heavy atom. The summed E-state index contributed by atoms with van der Waals surface area (Å²) in [5.74, 6) is 0. The molecular weight excluding hydrogens is 275 g/mol. The summed E-state index contributed by atoms with van der Waals surface area (Å²) in [6, 6.07) is 7.69. The first-order chi connectivity index (χ1) is 7.24. The summed E-state index contributed by atoms with van der Waals surface area (Å²) in [4.78, 5) is 0. The van der Waals surface area contributed by atoms with E-state index in [2.05, 4.69) is 33.1 Å². The molecule has 78 valence electrons. The van der Waals surface area contributed by atoms with Gasteiger partial charge in [-0.3, -0.25) is 5.10 Å². The lowest BCUT2D eigenvalue weighted by molar-refractivity contribution is 0.973. The molecule has 0 fully saturated rings. The fraction of sp³-hybridized carbons (Fsp3) is 0.182. The number of aromatic nitrogens is 2. The lowest BCUT2D eigenvalue weighted by atomic mass is 10.1. The summed E-state index contributed by atoms with van der Waals surface area (Å²) in [6.07, 6.45) is 0.915. The quantitative estimate of drug-likeness (QED) is 0.886.